The van der Waals surface area contributed by atoms with Crippen molar-refractivity contribution in [3.05, 3.63) is 133 Å². The molecule has 1 saturated carbocycles. The van der Waals surface area contributed by atoms with E-state index >= 15 is 0 Å². The number of amides is 1. The highest BCUT2D eigenvalue weighted by atomic mass is 28.4. The maximum Gasteiger partial charge on any atom is 0.412 e. The van der Waals surface area contributed by atoms with Crippen molar-refractivity contribution in [1.82, 2.24) is 4.90 Å². The summed E-state index contributed by atoms with van der Waals surface area (Å²) in [7, 11) is -1.04. The molecule has 4 aliphatic rings. The molecule has 2 aromatic carbocycles. The number of nitrogens with zero attached hydrogens (tertiary/aromatic N) is 1. The van der Waals surface area contributed by atoms with Gasteiger partial charge in [0.05, 0.1) is 24.4 Å². The first-order chi connectivity index (χ1) is 30.9. The molecular weight excluding hydrogens is 839 g/mol. The summed E-state index contributed by atoms with van der Waals surface area (Å²) in [5.74, 6) is -0.447. The van der Waals surface area contributed by atoms with Crippen molar-refractivity contribution in [2.45, 2.75) is 157 Å². The first-order valence-corrected chi connectivity index (χ1v) is 26.1. The van der Waals surface area contributed by atoms with E-state index in [4.69, 9.17) is 23.4 Å². The van der Waals surface area contributed by atoms with E-state index in [2.05, 4.69) is 159 Å². The molecule has 6 rings (SSSR count). The molecule has 0 N–H and O–H groups in total. The number of carbonyl (C=O) groups excluding carboxylic acids is 2. The molecule has 66 heavy (non-hydrogen) atoms. The predicted octanol–water partition coefficient (Wildman–Crippen LogP) is 11.7. The Hall–Kier alpha value is -4.28. The van der Waals surface area contributed by atoms with Crippen molar-refractivity contribution in [1.29, 1.82) is 0 Å². The summed E-state index contributed by atoms with van der Waals surface area (Å²) >= 11 is 0. The van der Waals surface area contributed by atoms with Gasteiger partial charge < -0.3 is 23.4 Å². The van der Waals surface area contributed by atoms with Crippen LogP contribution in [-0.2, 0) is 28.2 Å². The fourth-order valence-corrected chi connectivity index (χ4v) is 16.1. The lowest BCUT2D eigenvalue weighted by molar-refractivity contribution is -0.153. The van der Waals surface area contributed by atoms with E-state index in [1.165, 1.54) is 16.4 Å². The van der Waals surface area contributed by atoms with Gasteiger partial charge in [-0.2, -0.15) is 0 Å². The molecule has 2 fully saturated rings. The summed E-state index contributed by atoms with van der Waals surface area (Å²) in [6.45, 7) is 29.2. The Balaban J connectivity index is 1.38. The summed E-state index contributed by atoms with van der Waals surface area (Å²) < 4.78 is 33.1. The van der Waals surface area contributed by atoms with Crippen LogP contribution in [0.4, 0.5) is 4.79 Å². The number of hydrogen-bond acceptors (Lipinski definition) is 7. The van der Waals surface area contributed by atoms with Crippen LogP contribution in [0.25, 0.3) is 0 Å². The Morgan fingerprint density at radius 3 is 2.03 bits per heavy atom. The molecule has 0 spiro atoms. The standard InChI is InChI=1S/C57H79NO7Si/c1-38-23-22-28-50(59)62-51(41(4)52-42(5)58(56(12,13)63-52)53(60)64-54(6,7)8)40(3)30-29-39(2)35-43-31-32-47-48(57(43,14)34-33-38)36-44(61-15)37-49(47)65-66(55(9,10)11,45-24-18-16-19-25-45)46-26-20-17-21-27-46/h16-35,40-44,47-49,51-52H,36-37H2,1-15H3/b28-22+,30-29+,34-33+,38-23-,39-35+/t40-,41-,42-,43-,44+,47-,48-,49+,51-,52+,57+/m1/s1. The maximum absolute atomic E-state index is 13.6. The zero-order chi connectivity index (χ0) is 48.4. The average Bonchev–Trinajstić information content (AvgIpc) is 3.50. The minimum absolute atomic E-state index is 0.0240. The van der Waals surface area contributed by atoms with E-state index in [0.717, 1.165) is 24.0 Å². The van der Waals surface area contributed by atoms with Gasteiger partial charge in [-0.3, -0.25) is 4.90 Å². The largest absolute Gasteiger partial charge is 0.458 e. The molecule has 2 heterocycles. The molecule has 358 valence electrons. The van der Waals surface area contributed by atoms with Gasteiger partial charge in [0, 0.05) is 36.9 Å². The quantitative estimate of drug-likeness (QED) is 0.155. The topological polar surface area (TPSA) is 83.5 Å². The highest BCUT2D eigenvalue weighted by Crippen LogP contribution is 2.55. The van der Waals surface area contributed by atoms with Gasteiger partial charge in [0.1, 0.15) is 17.4 Å². The third-order valence-corrected chi connectivity index (χ3v) is 19.8. The van der Waals surface area contributed by atoms with Crippen molar-refractivity contribution in [2.24, 2.45) is 35.0 Å². The zero-order valence-electron chi connectivity index (χ0n) is 42.5. The Morgan fingerprint density at radius 2 is 1.45 bits per heavy atom. The first-order valence-electron chi connectivity index (χ1n) is 24.2. The summed E-state index contributed by atoms with van der Waals surface area (Å²) in [6, 6.07) is 21.6. The van der Waals surface area contributed by atoms with Crippen LogP contribution in [0.2, 0.25) is 5.04 Å². The molecule has 0 aromatic heterocycles. The first kappa shape index (κ1) is 51.1. The third-order valence-electron chi connectivity index (χ3n) is 14.7. The van der Waals surface area contributed by atoms with E-state index in [9.17, 15) is 9.59 Å². The number of esters is 1. The summed E-state index contributed by atoms with van der Waals surface area (Å²) in [6.07, 6.45) is 21.7. The lowest BCUT2D eigenvalue weighted by Gasteiger charge is -2.55. The van der Waals surface area contributed by atoms with Crippen molar-refractivity contribution < 1.29 is 33.0 Å². The number of allylic oxidation sites excluding steroid dienone is 9. The second kappa shape index (κ2) is 20.1. The molecule has 8 nitrogen and oxygen atoms in total. The molecule has 0 unspecified atom stereocenters. The SMILES string of the molecule is CO[C@@H]1C[C@H](O[Si](c2ccccc2)(c2ccccc2)C(C)(C)C)[C@@H]2C=C[C@@H]3/C=C(C)/C=C/[C@@H](C)[C@H]([C@@H](C)[C@@H]4OC(C)(C)N(C(=O)OC(C)(C)C)[C@@H]4C)OC(=O)/C=C/C=C(C)\C=C\[C@]3(C)[C@@H]2C1. The molecule has 2 aliphatic carbocycles. The number of fused-ring (bicyclic) bond motifs is 3. The van der Waals surface area contributed by atoms with Crippen molar-refractivity contribution in [3.63, 3.8) is 0 Å². The Kier molecular flexibility index (Phi) is 15.6. The molecule has 1 amide bonds. The van der Waals surface area contributed by atoms with Crippen LogP contribution in [0.15, 0.2) is 133 Å². The van der Waals surface area contributed by atoms with Gasteiger partial charge in [-0.1, -0.05) is 168 Å². The number of methoxy groups -OCH3 is 1. The molecule has 0 radical (unpaired) electrons. The van der Waals surface area contributed by atoms with Gasteiger partial charge in [-0.25, -0.2) is 9.59 Å². The zero-order valence-corrected chi connectivity index (χ0v) is 43.5. The second-order valence-corrected chi connectivity index (χ2v) is 26.5. The Bertz CT molecular complexity index is 2150. The monoisotopic (exact) mass is 918 g/mol. The fourth-order valence-electron chi connectivity index (χ4n) is 11.4. The Morgan fingerprint density at radius 1 is 0.833 bits per heavy atom. The summed E-state index contributed by atoms with van der Waals surface area (Å²) in [5, 5.41) is 2.39. The molecule has 2 aliphatic heterocycles. The van der Waals surface area contributed by atoms with Crippen LogP contribution in [0.1, 0.15) is 110 Å². The van der Waals surface area contributed by atoms with Gasteiger partial charge >= 0.3 is 12.1 Å². The minimum atomic E-state index is -2.89. The number of benzene rings is 2. The lowest BCUT2D eigenvalue weighted by Crippen LogP contribution is -2.69. The van der Waals surface area contributed by atoms with Gasteiger partial charge in [0.15, 0.2) is 0 Å². The van der Waals surface area contributed by atoms with E-state index < -0.39 is 43.9 Å². The van der Waals surface area contributed by atoms with Crippen molar-refractivity contribution >= 4 is 30.8 Å². The third kappa shape index (κ3) is 10.9. The molecular formula is C57H79NO7Si. The number of rotatable bonds is 7. The Labute approximate surface area is 398 Å². The predicted molar refractivity (Wildman–Crippen MR) is 270 cm³/mol. The maximum atomic E-state index is 13.6. The van der Waals surface area contributed by atoms with Crippen LogP contribution < -0.4 is 10.4 Å². The molecule has 9 heteroatoms. The van der Waals surface area contributed by atoms with Gasteiger partial charge in [0.2, 0.25) is 0 Å². The van der Waals surface area contributed by atoms with Crippen molar-refractivity contribution in [3.8, 4) is 0 Å². The van der Waals surface area contributed by atoms with Crippen LogP contribution in [0, 0.1) is 35.0 Å². The van der Waals surface area contributed by atoms with Gasteiger partial charge in [-0.05, 0) is 95.0 Å². The summed E-state index contributed by atoms with van der Waals surface area (Å²) in [5.41, 5.74) is 0.248. The van der Waals surface area contributed by atoms with Crippen LogP contribution >= 0.6 is 0 Å². The number of cyclic esters (lactones) is 1. The van der Waals surface area contributed by atoms with E-state index in [1.54, 1.807) is 11.0 Å². The van der Waals surface area contributed by atoms with Gasteiger partial charge in [0.25, 0.3) is 8.32 Å². The number of hydrogen-bond donors (Lipinski definition) is 0. The number of ether oxygens (including phenoxy) is 4. The second-order valence-electron chi connectivity index (χ2n) is 22.2. The average molecular weight is 918 g/mol. The highest BCUT2D eigenvalue weighted by Gasteiger charge is 2.57. The van der Waals surface area contributed by atoms with Gasteiger partial charge in [-0.15, -0.1) is 0 Å². The van der Waals surface area contributed by atoms with Crippen LogP contribution in [0.3, 0.4) is 0 Å². The molecule has 2 aromatic rings. The van der Waals surface area contributed by atoms with Crippen molar-refractivity contribution in [2.75, 3.05) is 7.11 Å². The smallest absolute Gasteiger partial charge is 0.412 e. The van der Waals surface area contributed by atoms with Crippen LogP contribution in [-0.4, -0.2) is 74.2 Å². The molecule has 11 atom stereocenters. The highest BCUT2D eigenvalue weighted by molar-refractivity contribution is 6.99. The van der Waals surface area contributed by atoms with Crippen LogP contribution in [0.5, 0.6) is 0 Å². The molecule has 1 saturated heterocycles. The summed E-state index contributed by atoms with van der Waals surface area (Å²) in [4.78, 5) is 28.8. The number of carbonyl (C=O) groups is 2. The van der Waals surface area contributed by atoms with E-state index in [0.29, 0.717) is 0 Å². The lowest BCUT2D eigenvalue weighted by atomic mass is 9.55. The normalized spacial score (nSPS) is 34.3. The minimum Gasteiger partial charge on any atom is -0.458 e. The van der Waals surface area contributed by atoms with E-state index in [-0.39, 0.29) is 58.3 Å². The molecule has 0 bridgehead atoms. The van der Waals surface area contributed by atoms with E-state index in [1.807, 2.05) is 54.7 Å². The fraction of sp³-hybridized carbons (Fsp3) is 0.544.